The van der Waals surface area contributed by atoms with Gasteiger partial charge in [-0.1, -0.05) is 81.4 Å². The van der Waals surface area contributed by atoms with Crippen molar-refractivity contribution in [1.82, 2.24) is 4.90 Å². The molecule has 6 heteroatoms. The molecule has 2 atom stereocenters. The van der Waals surface area contributed by atoms with Gasteiger partial charge in [0.1, 0.15) is 0 Å². The van der Waals surface area contributed by atoms with Crippen molar-refractivity contribution in [2.75, 3.05) is 13.7 Å². The molecule has 2 aromatic rings. The van der Waals surface area contributed by atoms with E-state index in [0.29, 0.717) is 19.7 Å². The van der Waals surface area contributed by atoms with Crippen LogP contribution in [-0.4, -0.2) is 50.2 Å². The van der Waals surface area contributed by atoms with Crippen LogP contribution in [0.2, 0.25) is 18.1 Å². The Labute approximate surface area is 194 Å². The number of aliphatic hydroxyl groups excluding tert-OH is 1. The zero-order valence-electron chi connectivity index (χ0n) is 20.4. The van der Waals surface area contributed by atoms with E-state index < -0.39 is 20.4 Å². The molecule has 176 valence electrons. The minimum Gasteiger partial charge on any atom is -0.469 e. The molecule has 2 rings (SSSR count). The lowest BCUT2D eigenvalue weighted by Gasteiger charge is -2.40. The second-order valence-corrected chi connectivity index (χ2v) is 14.7. The summed E-state index contributed by atoms with van der Waals surface area (Å²) in [6.45, 7) is 12.6. The molecule has 0 spiro atoms. The van der Waals surface area contributed by atoms with E-state index in [1.165, 1.54) is 7.11 Å². The Bertz CT molecular complexity index is 779. The molecule has 32 heavy (non-hydrogen) atoms. The highest BCUT2D eigenvalue weighted by atomic mass is 28.4. The predicted molar refractivity (Wildman–Crippen MR) is 132 cm³/mol. The van der Waals surface area contributed by atoms with Crippen molar-refractivity contribution in [3.8, 4) is 0 Å². The molecular weight excluding hydrogens is 418 g/mol. The molecular formula is C26H39NO4Si. The second kappa shape index (κ2) is 11.7. The average molecular weight is 458 g/mol. The molecule has 0 heterocycles. The number of nitrogens with zero attached hydrogens (tertiary/aromatic N) is 1. The quantitative estimate of drug-likeness (QED) is 0.380. The molecule has 0 fully saturated rings. The first-order valence-electron chi connectivity index (χ1n) is 11.2. The maximum atomic E-state index is 12.0. The summed E-state index contributed by atoms with van der Waals surface area (Å²) in [7, 11) is -0.697. The largest absolute Gasteiger partial charge is 0.469 e. The number of ether oxygens (including phenoxy) is 1. The number of benzene rings is 2. The fourth-order valence-corrected chi connectivity index (χ4v) is 4.31. The predicted octanol–water partition coefficient (Wildman–Crippen LogP) is 5.00. The summed E-state index contributed by atoms with van der Waals surface area (Å²) >= 11 is 0. The molecule has 1 N–H and O–H groups in total. The fourth-order valence-electron chi connectivity index (χ4n) is 3.29. The Morgan fingerprint density at radius 3 is 1.84 bits per heavy atom. The number of methoxy groups -OCH3 is 1. The highest BCUT2D eigenvalue weighted by molar-refractivity contribution is 6.74. The Balaban J connectivity index is 2.35. The summed E-state index contributed by atoms with van der Waals surface area (Å²) in [6.07, 6.45) is -0.970. The van der Waals surface area contributed by atoms with E-state index in [1.54, 1.807) is 0 Å². The van der Waals surface area contributed by atoms with Crippen molar-refractivity contribution in [2.45, 2.75) is 70.6 Å². The van der Waals surface area contributed by atoms with Crippen molar-refractivity contribution < 1.29 is 19.1 Å². The Morgan fingerprint density at radius 2 is 1.44 bits per heavy atom. The van der Waals surface area contributed by atoms with Gasteiger partial charge in [-0.2, -0.15) is 0 Å². The number of hydrogen-bond acceptors (Lipinski definition) is 5. The summed E-state index contributed by atoms with van der Waals surface area (Å²) in [5.74, 6) is -0.422. The summed E-state index contributed by atoms with van der Waals surface area (Å²) in [4.78, 5) is 14.2. The van der Waals surface area contributed by atoms with Gasteiger partial charge in [0, 0.05) is 13.1 Å². The first kappa shape index (κ1) is 26.3. The lowest BCUT2D eigenvalue weighted by molar-refractivity contribution is -0.144. The number of esters is 1. The van der Waals surface area contributed by atoms with Crippen LogP contribution in [0.4, 0.5) is 0 Å². The first-order valence-corrected chi connectivity index (χ1v) is 14.1. The standard InChI is InChI=1S/C26H39NO4Si/c1-26(2,3)32(5,6)31-20-23(24(28)17-25(29)30-4)27(18-21-13-9-7-10-14-21)19-22-15-11-8-12-16-22/h7-16,23-24,28H,17-20H2,1-6H3/t23-,24+/m0/s1. The van der Waals surface area contributed by atoms with Gasteiger partial charge >= 0.3 is 5.97 Å². The highest BCUT2D eigenvalue weighted by Gasteiger charge is 2.39. The van der Waals surface area contributed by atoms with Crippen LogP contribution >= 0.6 is 0 Å². The topological polar surface area (TPSA) is 59.0 Å². The van der Waals surface area contributed by atoms with Crippen LogP contribution in [0.5, 0.6) is 0 Å². The third-order valence-corrected chi connectivity index (χ3v) is 10.9. The minimum atomic E-state index is -2.05. The van der Waals surface area contributed by atoms with Crippen molar-refractivity contribution in [2.24, 2.45) is 0 Å². The average Bonchev–Trinajstić information content (AvgIpc) is 2.74. The highest BCUT2D eigenvalue weighted by Crippen LogP contribution is 2.37. The van der Waals surface area contributed by atoms with E-state index >= 15 is 0 Å². The molecule has 0 saturated carbocycles. The Hall–Kier alpha value is -1.99. The molecule has 0 aliphatic carbocycles. The Kier molecular flexibility index (Phi) is 9.64. The smallest absolute Gasteiger partial charge is 0.308 e. The van der Waals surface area contributed by atoms with E-state index in [4.69, 9.17) is 9.16 Å². The van der Waals surface area contributed by atoms with E-state index in [-0.39, 0.29) is 17.5 Å². The van der Waals surface area contributed by atoms with Crippen molar-refractivity contribution in [1.29, 1.82) is 0 Å². The monoisotopic (exact) mass is 457 g/mol. The lowest BCUT2D eigenvalue weighted by Crippen LogP contribution is -2.50. The number of rotatable bonds is 11. The van der Waals surface area contributed by atoms with Crippen LogP contribution in [0.1, 0.15) is 38.3 Å². The second-order valence-electron chi connectivity index (χ2n) is 9.86. The van der Waals surface area contributed by atoms with E-state index in [0.717, 1.165) is 11.1 Å². The van der Waals surface area contributed by atoms with Gasteiger partial charge in [0.15, 0.2) is 8.32 Å². The first-order chi connectivity index (χ1) is 15.0. The molecule has 0 radical (unpaired) electrons. The van der Waals surface area contributed by atoms with E-state index in [1.807, 2.05) is 36.4 Å². The van der Waals surface area contributed by atoms with Crippen LogP contribution in [0.3, 0.4) is 0 Å². The van der Waals surface area contributed by atoms with Crippen LogP contribution in [0, 0.1) is 0 Å². The molecule has 0 amide bonds. The summed E-state index contributed by atoms with van der Waals surface area (Å²) < 4.78 is 11.4. The molecule has 0 aliphatic rings. The number of carbonyl (C=O) groups excluding carboxylic acids is 1. The lowest BCUT2D eigenvalue weighted by atomic mass is 10.0. The van der Waals surface area contributed by atoms with Gasteiger partial charge < -0.3 is 14.3 Å². The summed E-state index contributed by atoms with van der Waals surface area (Å²) in [5.41, 5.74) is 2.29. The molecule has 0 saturated heterocycles. The third kappa shape index (κ3) is 7.85. The number of hydrogen-bond donors (Lipinski definition) is 1. The number of carbonyl (C=O) groups is 1. The van der Waals surface area contributed by atoms with E-state index in [2.05, 4.69) is 63.0 Å². The molecule has 0 bridgehead atoms. The minimum absolute atomic E-state index is 0.0501. The van der Waals surface area contributed by atoms with Crippen LogP contribution in [-0.2, 0) is 27.0 Å². The van der Waals surface area contributed by atoms with Gasteiger partial charge in [0.05, 0.1) is 32.3 Å². The van der Waals surface area contributed by atoms with Crippen LogP contribution in [0.15, 0.2) is 60.7 Å². The summed E-state index contributed by atoms with van der Waals surface area (Å²) in [6, 6.07) is 20.0. The number of aliphatic hydroxyl groups is 1. The van der Waals surface area contributed by atoms with Crippen molar-refractivity contribution in [3.63, 3.8) is 0 Å². The molecule has 2 aromatic carbocycles. The third-order valence-electron chi connectivity index (χ3n) is 6.39. The Morgan fingerprint density at radius 1 is 0.969 bits per heavy atom. The molecule has 0 unspecified atom stereocenters. The SMILES string of the molecule is COC(=O)C[C@@H](O)[C@H](CO[Si](C)(C)C(C)(C)C)N(Cc1ccccc1)Cc1ccccc1. The van der Waals surface area contributed by atoms with Crippen molar-refractivity contribution >= 4 is 14.3 Å². The van der Waals surface area contributed by atoms with Gasteiger partial charge in [-0.3, -0.25) is 9.69 Å². The van der Waals surface area contributed by atoms with Crippen molar-refractivity contribution in [3.05, 3.63) is 71.8 Å². The maximum Gasteiger partial charge on any atom is 0.308 e. The zero-order chi connectivity index (χ0) is 23.8. The van der Waals surface area contributed by atoms with Gasteiger partial charge in [0.25, 0.3) is 0 Å². The van der Waals surface area contributed by atoms with Gasteiger partial charge in [-0.05, 0) is 29.3 Å². The fraction of sp³-hybridized carbons (Fsp3) is 0.500. The van der Waals surface area contributed by atoms with Gasteiger partial charge in [-0.15, -0.1) is 0 Å². The van der Waals surface area contributed by atoms with Gasteiger partial charge in [0.2, 0.25) is 0 Å². The summed E-state index contributed by atoms with van der Waals surface area (Å²) in [5, 5.41) is 11.2. The molecule has 0 aromatic heterocycles. The zero-order valence-corrected chi connectivity index (χ0v) is 21.4. The van der Waals surface area contributed by atoms with Crippen LogP contribution < -0.4 is 0 Å². The normalized spacial score (nSPS) is 14.2. The molecule has 5 nitrogen and oxygen atoms in total. The molecule has 0 aliphatic heterocycles. The van der Waals surface area contributed by atoms with E-state index in [9.17, 15) is 9.90 Å². The van der Waals surface area contributed by atoms with Crippen LogP contribution in [0.25, 0.3) is 0 Å². The maximum absolute atomic E-state index is 12.0. The van der Waals surface area contributed by atoms with Gasteiger partial charge in [-0.25, -0.2) is 0 Å².